The number of likely N-dealkylation sites (N-methyl/N-ethyl adjacent to an activating group) is 2. The van der Waals surface area contributed by atoms with Gasteiger partial charge in [-0.15, -0.1) is 0 Å². The minimum Gasteiger partial charge on any atom is -0.313 e. The van der Waals surface area contributed by atoms with Crippen LogP contribution < -0.4 is 5.32 Å². The van der Waals surface area contributed by atoms with Gasteiger partial charge < -0.3 is 10.2 Å². The van der Waals surface area contributed by atoms with Gasteiger partial charge >= 0.3 is 0 Å². The smallest absolute Gasteiger partial charge is 0.0166 e. The second kappa shape index (κ2) is 6.41. The van der Waals surface area contributed by atoms with Gasteiger partial charge in [-0.2, -0.15) is 0 Å². The molecule has 0 aromatic carbocycles. The summed E-state index contributed by atoms with van der Waals surface area (Å²) in [5, 5.41) is 3.47. The van der Waals surface area contributed by atoms with E-state index in [2.05, 4.69) is 31.1 Å². The average molecular weight is 198 g/mol. The van der Waals surface area contributed by atoms with Gasteiger partial charge in [-0.3, -0.25) is 0 Å². The van der Waals surface area contributed by atoms with E-state index >= 15 is 0 Å². The summed E-state index contributed by atoms with van der Waals surface area (Å²) in [6.07, 6.45) is 7.15. The zero-order valence-electron chi connectivity index (χ0n) is 10.1. The average Bonchev–Trinajstić information content (AvgIpc) is 2.19. The molecule has 0 bridgehead atoms. The van der Waals surface area contributed by atoms with Crippen molar-refractivity contribution >= 4 is 0 Å². The van der Waals surface area contributed by atoms with E-state index < -0.39 is 0 Å². The van der Waals surface area contributed by atoms with Crippen molar-refractivity contribution in [1.82, 2.24) is 10.2 Å². The quantitative estimate of drug-likeness (QED) is 0.729. The summed E-state index contributed by atoms with van der Waals surface area (Å²) in [4.78, 5) is 2.55. The maximum atomic E-state index is 3.47. The normalized spacial score (nSPS) is 21.4. The number of rotatable bonds is 5. The van der Waals surface area contributed by atoms with E-state index in [0.717, 1.165) is 12.6 Å². The van der Waals surface area contributed by atoms with Gasteiger partial charge in [0.15, 0.2) is 0 Å². The molecular weight excluding hydrogens is 172 g/mol. The van der Waals surface area contributed by atoms with Gasteiger partial charge in [0, 0.05) is 18.6 Å². The number of hydrogen-bond acceptors (Lipinski definition) is 2. The minimum absolute atomic E-state index is 0.631. The summed E-state index contributed by atoms with van der Waals surface area (Å²) in [6.45, 7) is 6.73. The molecule has 0 heterocycles. The van der Waals surface area contributed by atoms with Crippen LogP contribution in [0.3, 0.4) is 0 Å². The monoisotopic (exact) mass is 198 g/mol. The third-order valence-electron chi connectivity index (χ3n) is 3.31. The van der Waals surface area contributed by atoms with E-state index in [1.165, 1.54) is 38.6 Å². The van der Waals surface area contributed by atoms with Crippen LogP contribution in [0.2, 0.25) is 0 Å². The molecular formula is C12H26N2. The van der Waals surface area contributed by atoms with Crippen LogP contribution in [-0.2, 0) is 0 Å². The van der Waals surface area contributed by atoms with Crippen molar-refractivity contribution in [1.29, 1.82) is 0 Å². The molecule has 0 spiro atoms. The van der Waals surface area contributed by atoms with E-state index in [9.17, 15) is 0 Å². The molecule has 1 aliphatic carbocycles. The molecule has 1 rings (SSSR count). The van der Waals surface area contributed by atoms with E-state index in [1.807, 2.05) is 0 Å². The van der Waals surface area contributed by atoms with Crippen molar-refractivity contribution in [3.05, 3.63) is 0 Å². The summed E-state index contributed by atoms with van der Waals surface area (Å²) in [7, 11) is 2.28. The molecule has 0 amide bonds. The number of nitrogens with one attached hydrogen (secondary N) is 1. The SMILES string of the molecule is CCNC(C)CN(C)C1CCCCC1. The van der Waals surface area contributed by atoms with Gasteiger partial charge in [-0.1, -0.05) is 26.2 Å². The van der Waals surface area contributed by atoms with Crippen molar-refractivity contribution in [3.8, 4) is 0 Å². The van der Waals surface area contributed by atoms with Gasteiger partial charge in [-0.05, 0) is 33.4 Å². The molecule has 14 heavy (non-hydrogen) atoms. The Kier molecular flexibility index (Phi) is 5.49. The molecule has 1 aliphatic rings. The van der Waals surface area contributed by atoms with Crippen LogP contribution in [0, 0.1) is 0 Å². The molecule has 0 radical (unpaired) electrons. The van der Waals surface area contributed by atoms with Gasteiger partial charge in [-0.25, -0.2) is 0 Å². The lowest BCUT2D eigenvalue weighted by Gasteiger charge is -2.33. The molecule has 1 atom stereocenters. The standard InChI is InChI=1S/C12H26N2/c1-4-13-11(2)10-14(3)12-8-6-5-7-9-12/h11-13H,4-10H2,1-3H3. The van der Waals surface area contributed by atoms with Gasteiger partial charge in [0.25, 0.3) is 0 Å². The second-order valence-corrected chi connectivity index (χ2v) is 4.69. The first-order valence-corrected chi connectivity index (χ1v) is 6.17. The Labute approximate surface area is 89.1 Å². The first kappa shape index (κ1) is 12.0. The summed E-state index contributed by atoms with van der Waals surface area (Å²) in [5.74, 6) is 0. The second-order valence-electron chi connectivity index (χ2n) is 4.69. The fraction of sp³-hybridized carbons (Fsp3) is 1.00. The first-order valence-electron chi connectivity index (χ1n) is 6.17. The van der Waals surface area contributed by atoms with Crippen molar-refractivity contribution < 1.29 is 0 Å². The van der Waals surface area contributed by atoms with Crippen LogP contribution in [0.25, 0.3) is 0 Å². The highest BCUT2D eigenvalue weighted by Gasteiger charge is 2.18. The molecule has 1 saturated carbocycles. The number of hydrogen-bond donors (Lipinski definition) is 1. The Balaban J connectivity index is 2.21. The molecule has 84 valence electrons. The third kappa shape index (κ3) is 3.97. The fourth-order valence-electron chi connectivity index (χ4n) is 2.52. The Bertz CT molecular complexity index is 141. The largest absolute Gasteiger partial charge is 0.313 e. The molecule has 0 aromatic rings. The van der Waals surface area contributed by atoms with E-state index in [4.69, 9.17) is 0 Å². The minimum atomic E-state index is 0.631. The van der Waals surface area contributed by atoms with Crippen molar-refractivity contribution in [2.45, 2.75) is 58.0 Å². The summed E-state index contributed by atoms with van der Waals surface area (Å²) >= 11 is 0. The van der Waals surface area contributed by atoms with E-state index in [1.54, 1.807) is 0 Å². The summed E-state index contributed by atoms with van der Waals surface area (Å²) in [6, 6.07) is 1.48. The number of nitrogens with zero attached hydrogens (tertiary/aromatic N) is 1. The molecule has 2 nitrogen and oxygen atoms in total. The molecule has 1 fully saturated rings. The Morgan fingerprint density at radius 2 is 1.93 bits per heavy atom. The van der Waals surface area contributed by atoms with Crippen LogP contribution in [0.4, 0.5) is 0 Å². The van der Waals surface area contributed by atoms with Crippen molar-refractivity contribution in [3.63, 3.8) is 0 Å². The molecule has 0 aromatic heterocycles. The van der Waals surface area contributed by atoms with Crippen LogP contribution in [0.15, 0.2) is 0 Å². The maximum absolute atomic E-state index is 3.47. The Morgan fingerprint density at radius 3 is 2.50 bits per heavy atom. The highest BCUT2D eigenvalue weighted by molar-refractivity contribution is 4.76. The molecule has 1 N–H and O–H groups in total. The van der Waals surface area contributed by atoms with E-state index in [-0.39, 0.29) is 0 Å². The van der Waals surface area contributed by atoms with Crippen LogP contribution in [0.5, 0.6) is 0 Å². The fourth-order valence-corrected chi connectivity index (χ4v) is 2.52. The van der Waals surface area contributed by atoms with Crippen LogP contribution in [-0.4, -0.2) is 37.1 Å². The van der Waals surface area contributed by atoms with Crippen molar-refractivity contribution in [2.75, 3.05) is 20.1 Å². The Hall–Kier alpha value is -0.0800. The van der Waals surface area contributed by atoms with Crippen LogP contribution in [0.1, 0.15) is 46.0 Å². The highest BCUT2D eigenvalue weighted by atomic mass is 15.1. The zero-order valence-corrected chi connectivity index (χ0v) is 10.1. The predicted octanol–water partition coefficient (Wildman–Crippen LogP) is 2.25. The molecule has 0 saturated heterocycles. The lowest BCUT2D eigenvalue weighted by molar-refractivity contribution is 0.178. The zero-order chi connectivity index (χ0) is 10.4. The third-order valence-corrected chi connectivity index (χ3v) is 3.31. The predicted molar refractivity (Wildman–Crippen MR) is 62.6 cm³/mol. The first-order chi connectivity index (χ1) is 6.74. The van der Waals surface area contributed by atoms with Crippen molar-refractivity contribution in [2.24, 2.45) is 0 Å². The van der Waals surface area contributed by atoms with Gasteiger partial charge in [0.05, 0.1) is 0 Å². The van der Waals surface area contributed by atoms with Gasteiger partial charge in [0.1, 0.15) is 0 Å². The summed E-state index contributed by atoms with van der Waals surface area (Å²) < 4.78 is 0. The Morgan fingerprint density at radius 1 is 1.29 bits per heavy atom. The maximum Gasteiger partial charge on any atom is 0.0166 e. The van der Waals surface area contributed by atoms with Gasteiger partial charge in [0.2, 0.25) is 0 Å². The molecule has 2 heteroatoms. The highest BCUT2D eigenvalue weighted by Crippen LogP contribution is 2.21. The topological polar surface area (TPSA) is 15.3 Å². The molecule has 1 unspecified atom stereocenters. The van der Waals surface area contributed by atoms with Crippen LogP contribution >= 0.6 is 0 Å². The lowest BCUT2D eigenvalue weighted by atomic mass is 9.94. The summed E-state index contributed by atoms with van der Waals surface area (Å²) in [5.41, 5.74) is 0. The van der Waals surface area contributed by atoms with E-state index in [0.29, 0.717) is 6.04 Å². The lowest BCUT2D eigenvalue weighted by Crippen LogP contribution is -2.42. The molecule has 0 aliphatic heterocycles.